The molecule has 0 aromatic heterocycles. The zero-order valence-electron chi connectivity index (χ0n) is 30.8. The van der Waals surface area contributed by atoms with Gasteiger partial charge in [-0.1, -0.05) is 164 Å². The number of benzene rings is 8. The molecule has 0 spiro atoms. The number of allylic oxidation sites excluding steroid dienone is 3. The summed E-state index contributed by atoms with van der Waals surface area (Å²) in [5.41, 5.74) is 9.25. The van der Waals surface area contributed by atoms with Gasteiger partial charge in [-0.25, -0.2) is 0 Å². The van der Waals surface area contributed by atoms with E-state index in [9.17, 15) is 0 Å². The Bertz CT molecular complexity index is 2870. The van der Waals surface area contributed by atoms with Crippen molar-refractivity contribution in [1.29, 1.82) is 0 Å². The molecule has 2 nitrogen and oxygen atoms in total. The monoisotopic (exact) mass is 704 g/mol. The summed E-state index contributed by atoms with van der Waals surface area (Å²) >= 11 is 0. The molecule has 2 unspecified atom stereocenters. The van der Waals surface area contributed by atoms with Gasteiger partial charge in [-0.3, -0.25) is 0 Å². The Balaban J connectivity index is 1.04. The van der Waals surface area contributed by atoms with Crippen molar-refractivity contribution >= 4 is 61.6 Å². The highest BCUT2D eigenvalue weighted by Crippen LogP contribution is 2.46. The number of rotatable bonds is 7. The van der Waals surface area contributed by atoms with E-state index in [1.807, 2.05) is 0 Å². The number of hydrogen-bond donors (Lipinski definition) is 0. The van der Waals surface area contributed by atoms with Crippen LogP contribution in [0.25, 0.3) is 44.3 Å². The van der Waals surface area contributed by atoms with Crippen molar-refractivity contribution in [1.82, 2.24) is 0 Å². The molecule has 55 heavy (non-hydrogen) atoms. The van der Waals surface area contributed by atoms with Crippen molar-refractivity contribution in [2.75, 3.05) is 9.80 Å². The molecule has 8 aromatic carbocycles. The summed E-state index contributed by atoms with van der Waals surface area (Å²) in [5.74, 6) is 0. The van der Waals surface area contributed by atoms with Gasteiger partial charge in [-0.05, 0) is 105 Å². The van der Waals surface area contributed by atoms with Crippen molar-refractivity contribution in [3.05, 3.63) is 223 Å². The van der Waals surface area contributed by atoms with Gasteiger partial charge in [0.25, 0.3) is 0 Å². The second-order valence-corrected chi connectivity index (χ2v) is 14.7. The van der Waals surface area contributed by atoms with Crippen molar-refractivity contribution in [2.45, 2.75) is 13.0 Å². The summed E-state index contributed by atoms with van der Waals surface area (Å²) < 4.78 is 0. The molecule has 0 saturated carbocycles. The van der Waals surface area contributed by atoms with Gasteiger partial charge in [0.2, 0.25) is 0 Å². The van der Waals surface area contributed by atoms with Crippen LogP contribution in [0.5, 0.6) is 0 Å². The Labute approximate surface area is 322 Å². The van der Waals surface area contributed by atoms with E-state index in [2.05, 4.69) is 235 Å². The number of fused-ring (bicyclic) bond motifs is 5. The summed E-state index contributed by atoms with van der Waals surface area (Å²) in [6, 6.07) is 68.3. The smallest absolute Gasteiger partial charge is 0.0660 e. The van der Waals surface area contributed by atoms with E-state index < -0.39 is 0 Å². The van der Waals surface area contributed by atoms with Gasteiger partial charge in [0.05, 0.1) is 11.7 Å². The molecule has 2 heteroatoms. The third kappa shape index (κ3) is 5.66. The van der Waals surface area contributed by atoms with Gasteiger partial charge in [0.1, 0.15) is 0 Å². The summed E-state index contributed by atoms with van der Waals surface area (Å²) in [7, 11) is 0. The molecule has 0 bridgehead atoms. The van der Waals surface area contributed by atoms with Crippen molar-refractivity contribution in [3.63, 3.8) is 0 Å². The van der Waals surface area contributed by atoms with Crippen LogP contribution in [0.2, 0.25) is 0 Å². The van der Waals surface area contributed by atoms with Crippen LogP contribution < -0.4 is 20.2 Å². The quantitative estimate of drug-likeness (QED) is 0.152. The summed E-state index contributed by atoms with van der Waals surface area (Å²) in [4.78, 5) is 4.90. The molecule has 0 aliphatic heterocycles. The molecule has 0 radical (unpaired) electrons. The highest BCUT2D eigenvalue weighted by atomic mass is 15.2. The van der Waals surface area contributed by atoms with Gasteiger partial charge in [0, 0.05) is 33.6 Å². The second-order valence-electron chi connectivity index (χ2n) is 14.7. The normalized spacial score (nSPS) is 17.0. The molecule has 0 fully saturated rings. The lowest BCUT2D eigenvalue weighted by atomic mass is 9.69. The molecule has 0 saturated heterocycles. The summed E-state index contributed by atoms with van der Waals surface area (Å²) in [6.07, 6.45) is 11.5. The Hall–Kier alpha value is -6.90. The number of nitrogens with zero attached hydrogens (tertiary/aromatic N) is 2. The second kappa shape index (κ2) is 13.5. The van der Waals surface area contributed by atoms with Crippen LogP contribution >= 0.6 is 0 Å². The number of para-hydroxylation sites is 2. The van der Waals surface area contributed by atoms with Crippen LogP contribution in [0.4, 0.5) is 28.4 Å². The standard InChI is InChI=1S/C53H40N2/c1-53-35-15-14-26-50(53)47-23-11-9-17-41(47)37-52(53)55(43-20-6-3-7-21-43)45-33-29-39(30-34-45)38-27-31-44(32-28-38)54(42-18-4-2-5-19-42)51-36-40-16-8-10-22-46(40)48-24-12-13-25-49(48)51/h2-37,52H,1H3. The fraction of sp³-hybridized carbons (Fsp3) is 0.0566. The molecule has 2 aliphatic carbocycles. The first-order valence-corrected chi connectivity index (χ1v) is 19.1. The molecular formula is C53H40N2. The average Bonchev–Trinajstić information content (AvgIpc) is 3.25. The summed E-state index contributed by atoms with van der Waals surface area (Å²) in [6.45, 7) is 2.38. The van der Waals surface area contributed by atoms with Gasteiger partial charge < -0.3 is 9.80 Å². The molecule has 262 valence electrons. The Morgan fingerprint density at radius 2 is 1.02 bits per heavy atom. The van der Waals surface area contributed by atoms with E-state index >= 15 is 0 Å². The first-order chi connectivity index (χ1) is 27.2. The van der Waals surface area contributed by atoms with E-state index in [4.69, 9.17) is 0 Å². The maximum atomic E-state index is 2.51. The molecule has 10 rings (SSSR count). The van der Waals surface area contributed by atoms with Crippen LogP contribution in [0.3, 0.4) is 0 Å². The fourth-order valence-corrected chi connectivity index (χ4v) is 8.79. The van der Waals surface area contributed by atoms with Crippen LogP contribution in [0.1, 0.15) is 6.92 Å². The zero-order valence-corrected chi connectivity index (χ0v) is 30.8. The fourth-order valence-electron chi connectivity index (χ4n) is 8.79. The third-order valence-corrected chi connectivity index (χ3v) is 11.5. The van der Waals surface area contributed by atoms with Crippen molar-refractivity contribution in [2.24, 2.45) is 5.41 Å². The van der Waals surface area contributed by atoms with Crippen LogP contribution in [0.15, 0.2) is 212 Å². The largest absolute Gasteiger partial charge is 0.333 e. The molecular weight excluding hydrogens is 665 g/mol. The van der Waals surface area contributed by atoms with Crippen LogP contribution in [0, 0.1) is 5.41 Å². The topological polar surface area (TPSA) is 6.48 Å². The Morgan fingerprint density at radius 3 is 1.75 bits per heavy atom. The SMILES string of the molecule is CC12C=CC=CC1=c1ccccc1=CC2N(c1ccccc1)c1ccc(-c2ccc(N(c3ccccc3)c3cc4ccccc4c4ccccc34)cc2)cc1. The molecule has 0 N–H and O–H groups in total. The minimum atomic E-state index is -0.214. The van der Waals surface area contributed by atoms with E-state index in [-0.39, 0.29) is 11.5 Å². The van der Waals surface area contributed by atoms with E-state index in [0.717, 1.165) is 22.7 Å². The van der Waals surface area contributed by atoms with E-state index in [1.165, 1.54) is 54.4 Å². The summed E-state index contributed by atoms with van der Waals surface area (Å²) in [5, 5.41) is 7.57. The lowest BCUT2D eigenvalue weighted by Gasteiger charge is -2.45. The van der Waals surface area contributed by atoms with Crippen LogP contribution in [-0.2, 0) is 0 Å². The first kappa shape index (κ1) is 32.7. The third-order valence-electron chi connectivity index (χ3n) is 11.5. The Kier molecular flexibility index (Phi) is 8.03. The first-order valence-electron chi connectivity index (χ1n) is 19.1. The highest BCUT2D eigenvalue weighted by molar-refractivity contribution is 6.14. The molecule has 2 aliphatic rings. The lowest BCUT2D eigenvalue weighted by molar-refractivity contribution is 0.506. The lowest BCUT2D eigenvalue weighted by Crippen LogP contribution is -2.50. The highest BCUT2D eigenvalue weighted by Gasteiger charge is 2.41. The van der Waals surface area contributed by atoms with Gasteiger partial charge in [-0.2, -0.15) is 0 Å². The molecule has 2 atom stereocenters. The maximum Gasteiger partial charge on any atom is 0.0660 e. The van der Waals surface area contributed by atoms with Crippen LogP contribution in [-0.4, -0.2) is 6.04 Å². The van der Waals surface area contributed by atoms with Gasteiger partial charge in [-0.15, -0.1) is 0 Å². The number of anilines is 5. The minimum Gasteiger partial charge on any atom is -0.333 e. The molecule has 0 amide bonds. The maximum absolute atomic E-state index is 2.51. The number of hydrogen-bond acceptors (Lipinski definition) is 2. The minimum absolute atomic E-state index is 0.0706. The predicted octanol–water partition coefficient (Wildman–Crippen LogP) is 12.4. The predicted molar refractivity (Wildman–Crippen MR) is 234 cm³/mol. The van der Waals surface area contributed by atoms with E-state index in [1.54, 1.807) is 0 Å². The van der Waals surface area contributed by atoms with Gasteiger partial charge >= 0.3 is 0 Å². The van der Waals surface area contributed by atoms with E-state index in [0.29, 0.717) is 0 Å². The molecule has 0 heterocycles. The van der Waals surface area contributed by atoms with Crippen molar-refractivity contribution < 1.29 is 0 Å². The van der Waals surface area contributed by atoms with Gasteiger partial charge in [0.15, 0.2) is 0 Å². The zero-order chi connectivity index (χ0) is 36.8. The Morgan fingerprint density at radius 1 is 0.473 bits per heavy atom. The average molecular weight is 705 g/mol. The molecule has 8 aromatic rings. The van der Waals surface area contributed by atoms with Crippen molar-refractivity contribution in [3.8, 4) is 11.1 Å².